The Morgan fingerprint density at radius 2 is 1.02 bits per heavy atom. The molecule has 1 aliphatic rings. The summed E-state index contributed by atoms with van der Waals surface area (Å²) in [6.07, 6.45) is 24.5. The van der Waals surface area contributed by atoms with Gasteiger partial charge in [-0.1, -0.05) is 158 Å². The molecular formula is C42H71O13P. The van der Waals surface area contributed by atoms with Crippen LogP contribution in [0.15, 0.2) is 60.8 Å². The van der Waals surface area contributed by atoms with Crippen LogP contribution in [0.5, 0.6) is 0 Å². The van der Waals surface area contributed by atoms with Crippen molar-refractivity contribution in [2.75, 3.05) is 13.2 Å². The van der Waals surface area contributed by atoms with Gasteiger partial charge in [-0.3, -0.25) is 18.6 Å². The minimum absolute atomic E-state index is 0.000624. The lowest BCUT2D eigenvalue weighted by atomic mass is 9.85. The first-order chi connectivity index (χ1) is 26.9. The van der Waals surface area contributed by atoms with Crippen LogP contribution >= 0.6 is 7.82 Å². The first-order valence-corrected chi connectivity index (χ1v) is 22.2. The molecule has 8 atom stereocenters. The minimum Gasteiger partial charge on any atom is -0.462 e. The lowest BCUT2D eigenvalue weighted by molar-refractivity contribution is -0.220. The molecule has 0 aromatic carbocycles. The fraction of sp³-hybridized carbons (Fsp3) is 0.714. The highest BCUT2D eigenvalue weighted by Crippen LogP contribution is 2.47. The second kappa shape index (κ2) is 32.5. The van der Waals surface area contributed by atoms with Crippen LogP contribution in [0.1, 0.15) is 136 Å². The first kappa shape index (κ1) is 51.6. The number of phosphoric ester groups is 1. The number of hydrogen-bond acceptors (Lipinski definition) is 12. The molecule has 0 aromatic heterocycles. The molecule has 0 amide bonds. The number of aliphatic hydroxyl groups excluding tert-OH is 5. The number of unbranched alkanes of at least 4 members (excludes halogenated alkanes) is 14. The molecule has 7 unspecified atom stereocenters. The largest absolute Gasteiger partial charge is 0.472 e. The highest BCUT2D eigenvalue weighted by Gasteiger charge is 2.51. The van der Waals surface area contributed by atoms with Crippen LogP contribution in [-0.4, -0.2) is 98.3 Å². The van der Waals surface area contributed by atoms with E-state index in [2.05, 4.69) is 19.9 Å². The van der Waals surface area contributed by atoms with Crippen molar-refractivity contribution in [3.8, 4) is 0 Å². The van der Waals surface area contributed by atoms with E-state index in [4.69, 9.17) is 18.5 Å². The van der Waals surface area contributed by atoms with E-state index >= 15 is 0 Å². The predicted octanol–water partition coefficient (Wildman–Crippen LogP) is 6.99. The van der Waals surface area contributed by atoms with Gasteiger partial charge in [0, 0.05) is 12.8 Å². The summed E-state index contributed by atoms with van der Waals surface area (Å²) in [5.74, 6) is -1.19. The average Bonchev–Trinajstić information content (AvgIpc) is 3.18. The van der Waals surface area contributed by atoms with Crippen LogP contribution in [0.3, 0.4) is 0 Å². The lowest BCUT2D eigenvalue weighted by Crippen LogP contribution is -2.64. The molecule has 1 aliphatic carbocycles. The van der Waals surface area contributed by atoms with E-state index in [9.17, 15) is 44.6 Å². The summed E-state index contributed by atoms with van der Waals surface area (Å²) in [7, 11) is -5.13. The number of carbonyl (C=O) groups excluding carboxylic acids is 2. The monoisotopic (exact) mass is 814 g/mol. The molecule has 0 aromatic rings. The Hall–Kier alpha value is -2.45. The van der Waals surface area contributed by atoms with Crippen LogP contribution in [0.4, 0.5) is 0 Å². The molecule has 0 spiro atoms. The number of hydrogen-bond donors (Lipinski definition) is 6. The van der Waals surface area contributed by atoms with Gasteiger partial charge in [-0.05, 0) is 25.7 Å². The molecule has 0 heterocycles. The molecule has 0 aliphatic heterocycles. The highest BCUT2D eigenvalue weighted by atomic mass is 31.2. The molecule has 56 heavy (non-hydrogen) atoms. The molecule has 322 valence electrons. The van der Waals surface area contributed by atoms with Gasteiger partial charge in [-0.25, -0.2) is 4.57 Å². The summed E-state index contributed by atoms with van der Waals surface area (Å²) in [4.78, 5) is 35.5. The number of rotatable bonds is 32. The molecular weight excluding hydrogens is 743 g/mol. The maximum Gasteiger partial charge on any atom is 0.472 e. The quantitative estimate of drug-likeness (QED) is 0.0175. The normalized spacial score (nSPS) is 23.5. The molecule has 1 rings (SSSR count). The van der Waals surface area contributed by atoms with Crippen LogP contribution in [0.25, 0.3) is 0 Å². The van der Waals surface area contributed by atoms with Crippen molar-refractivity contribution in [2.45, 2.75) is 179 Å². The van der Waals surface area contributed by atoms with Crippen LogP contribution in [-0.2, 0) is 32.7 Å². The SMILES string of the molecule is CC/C=C/C=C/C=C/C=C/C=C/CCCC(=O)OC(COC(=O)CCCCCCCCCCCCCCCC)COP(=O)(O)OC1C(O)C(O)C(O)[C@H](O)C1O. The second-order valence-corrected chi connectivity index (χ2v) is 15.6. The van der Waals surface area contributed by atoms with Gasteiger partial charge in [-0.15, -0.1) is 0 Å². The van der Waals surface area contributed by atoms with Crippen molar-refractivity contribution in [3.05, 3.63) is 60.8 Å². The van der Waals surface area contributed by atoms with Crippen molar-refractivity contribution < 1.29 is 63.1 Å². The van der Waals surface area contributed by atoms with Crippen molar-refractivity contribution in [2.24, 2.45) is 0 Å². The molecule has 14 heteroatoms. The van der Waals surface area contributed by atoms with Gasteiger partial charge in [0.25, 0.3) is 0 Å². The first-order valence-electron chi connectivity index (χ1n) is 20.7. The van der Waals surface area contributed by atoms with Gasteiger partial charge in [-0.2, -0.15) is 0 Å². The van der Waals surface area contributed by atoms with Gasteiger partial charge in [0.05, 0.1) is 6.61 Å². The van der Waals surface area contributed by atoms with Crippen LogP contribution < -0.4 is 0 Å². The third kappa shape index (κ3) is 25.0. The third-order valence-corrected chi connectivity index (χ3v) is 10.2. The zero-order valence-electron chi connectivity index (χ0n) is 33.7. The lowest BCUT2D eigenvalue weighted by Gasteiger charge is -2.41. The summed E-state index contributed by atoms with van der Waals surface area (Å²) >= 11 is 0. The highest BCUT2D eigenvalue weighted by molar-refractivity contribution is 7.47. The topological polar surface area (TPSA) is 210 Å². The summed E-state index contributed by atoms with van der Waals surface area (Å²) < 4.78 is 33.3. The third-order valence-electron chi connectivity index (χ3n) is 9.25. The molecule has 0 bridgehead atoms. The number of carbonyl (C=O) groups is 2. The summed E-state index contributed by atoms with van der Waals surface area (Å²) in [5, 5.41) is 50.0. The molecule has 1 fully saturated rings. The van der Waals surface area contributed by atoms with E-state index < -0.39 is 75.7 Å². The number of phosphoric acid groups is 1. The number of allylic oxidation sites excluding steroid dienone is 10. The fourth-order valence-corrected chi connectivity index (χ4v) is 6.88. The molecule has 13 nitrogen and oxygen atoms in total. The van der Waals surface area contributed by atoms with Crippen molar-refractivity contribution in [1.29, 1.82) is 0 Å². The van der Waals surface area contributed by atoms with Crippen molar-refractivity contribution >= 4 is 19.8 Å². The fourth-order valence-electron chi connectivity index (χ4n) is 5.90. The van der Waals surface area contributed by atoms with E-state index in [1.165, 1.54) is 64.2 Å². The van der Waals surface area contributed by atoms with Crippen LogP contribution in [0, 0.1) is 0 Å². The zero-order valence-corrected chi connectivity index (χ0v) is 34.5. The van der Waals surface area contributed by atoms with E-state index in [1.54, 1.807) is 0 Å². The Balaban J connectivity index is 2.57. The Morgan fingerprint density at radius 3 is 1.54 bits per heavy atom. The van der Waals surface area contributed by atoms with Gasteiger partial charge >= 0.3 is 19.8 Å². The average molecular weight is 815 g/mol. The predicted molar refractivity (Wildman–Crippen MR) is 216 cm³/mol. The van der Waals surface area contributed by atoms with E-state index in [1.807, 2.05) is 54.7 Å². The Labute approximate surface area is 334 Å². The number of aliphatic hydroxyl groups is 5. The van der Waals surface area contributed by atoms with Gasteiger partial charge in [0.1, 0.15) is 43.2 Å². The maximum atomic E-state index is 12.8. The second-order valence-electron chi connectivity index (χ2n) is 14.2. The molecule has 0 radical (unpaired) electrons. The minimum atomic E-state index is -5.13. The number of esters is 2. The smallest absolute Gasteiger partial charge is 0.462 e. The van der Waals surface area contributed by atoms with Gasteiger partial charge < -0.3 is 39.9 Å². The Kier molecular flexibility index (Phi) is 29.9. The van der Waals surface area contributed by atoms with E-state index in [0.29, 0.717) is 19.3 Å². The zero-order chi connectivity index (χ0) is 41.4. The van der Waals surface area contributed by atoms with Gasteiger partial charge in [0.15, 0.2) is 6.10 Å². The molecule has 1 saturated carbocycles. The standard InChI is InChI=1S/C42H71O13P/c1-3-5-7-9-11-13-15-17-19-20-22-24-26-28-30-35(43)52-32-34(33-53-56(50,51)55-42-40(48)38(46)37(45)39(47)41(42)49)54-36(44)31-29-27-25-23-21-18-16-14-12-10-8-6-4-2/h6,8,10,12,14,16,18,21,23,25,34,37-42,45-49H,3-5,7,9,11,13,15,17,19-20,22,24,26-33H2,1-2H3,(H,50,51)/b8-6+,12-10+,16-14+,21-18+,25-23+/t34?,37?,38-,39?,40?,41?,42?/m0/s1. The van der Waals surface area contributed by atoms with Crippen molar-refractivity contribution in [1.82, 2.24) is 0 Å². The Morgan fingerprint density at radius 1 is 0.571 bits per heavy atom. The molecule has 0 saturated heterocycles. The summed E-state index contributed by atoms with van der Waals surface area (Å²) in [6, 6.07) is 0. The van der Waals surface area contributed by atoms with E-state index in [-0.39, 0.29) is 12.8 Å². The van der Waals surface area contributed by atoms with Crippen molar-refractivity contribution in [3.63, 3.8) is 0 Å². The maximum absolute atomic E-state index is 12.8. The van der Waals surface area contributed by atoms with E-state index in [0.717, 1.165) is 25.7 Å². The Bertz CT molecular complexity index is 1220. The molecule has 6 N–H and O–H groups in total. The van der Waals surface area contributed by atoms with Crippen LogP contribution in [0.2, 0.25) is 0 Å². The number of ether oxygens (including phenoxy) is 2. The summed E-state index contributed by atoms with van der Waals surface area (Å²) in [5.41, 5.74) is 0. The summed E-state index contributed by atoms with van der Waals surface area (Å²) in [6.45, 7) is 3.06. The van der Waals surface area contributed by atoms with Gasteiger partial charge in [0.2, 0.25) is 0 Å².